The number of anilines is 1. The van der Waals surface area contributed by atoms with Gasteiger partial charge < -0.3 is 9.64 Å². The first kappa shape index (κ1) is 17.6. The van der Waals surface area contributed by atoms with E-state index in [0.717, 1.165) is 6.07 Å². The topological polar surface area (TPSA) is 116 Å². The molecule has 1 saturated heterocycles. The van der Waals surface area contributed by atoms with Crippen molar-refractivity contribution >= 4 is 21.4 Å². The molecule has 0 saturated carbocycles. The maximum absolute atomic E-state index is 11.6. The Kier molecular flexibility index (Phi) is 4.16. The number of sulfonamides is 1. The summed E-state index contributed by atoms with van der Waals surface area (Å²) in [5, 5.41) is 16.2. The zero-order chi connectivity index (χ0) is 17.6. The maximum Gasteiger partial charge on any atom is 0.272 e. The van der Waals surface area contributed by atoms with Crippen LogP contribution in [0.4, 0.5) is 11.4 Å². The molecule has 1 aliphatic heterocycles. The summed E-state index contributed by atoms with van der Waals surface area (Å²) in [5.74, 6) is 0. The summed E-state index contributed by atoms with van der Waals surface area (Å²) < 4.78 is 29.2. The SMILES string of the molecule is CC1(C)CN(c2cc([N+](=O)[O-])cc(S(N)(=O)=O)c2)CC(C)(C)O1. The summed E-state index contributed by atoms with van der Waals surface area (Å²) in [4.78, 5) is 12.1. The van der Waals surface area contributed by atoms with Gasteiger partial charge in [0.2, 0.25) is 10.0 Å². The summed E-state index contributed by atoms with van der Waals surface area (Å²) in [6.45, 7) is 8.61. The van der Waals surface area contributed by atoms with Gasteiger partial charge in [-0.3, -0.25) is 10.1 Å². The molecule has 1 aliphatic rings. The first-order valence-corrected chi connectivity index (χ1v) is 8.61. The third-order valence-electron chi connectivity index (χ3n) is 3.48. The predicted molar refractivity (Wildman–Crippen MR) is 85.9 cm³/mol. The average molecular weight is 343 g/mol. The molecule has 1 aromatic rings. The molecule has 23 heavy (non-hydrogen) atoms. The van der Waals surface area contributed by atoms with Gasteiger partial charge in [-0.25, -0.2) is 13.6 Å². The number of rotatable bonds is 3. The number of nitrogens with zero attached hydrogens (tertiary/aromatic N) is 2. The Morgan fingerprint density at radius 1 is 1.17 bits per heavy atom. The van der Waals surface area contributed by atoms with E-state index in [0.29, 0.717) is 18.8 Å². The molecule has 2 rings (SSSR count). The lowest BCUT2D eigenvalue weighted by molar-refractivity contribution is -0.385. The number of nitro groups is 1. The summed E-state index contributed by atoms with van der Waals surface area (Å²) in [7, 11) is -4.04. The second-order valence-electron chi connectivity index (χ2n) is 6.96. The molecule has 8 nitrogen and oxygen atoms in total. The molecule has 0 atom stereocenters. The summed E-state index contributed by atoms with van der Waals surface area (Å²) in [6.07, 6.45) is 0. The minimum absolute atomic E-state index is 0.274. The molecular weight excluding hydrogens is 322 g/mol. The van der Waals surface area contributed by atoms with Crippen LogP contribution >= 0.6 is 0 Å². The maximum atomic E-state index is 11.6. The molecule has 128 valence electrons. The summed E-state index contributed by atoms with van der Waals surface area (Å²) in [6, 6.07) is 3.68. The lowest BCUT2D eigenvalue weighted by Crippen LogP contribution is -2.57. The Bertz CT molecular complexity index is 727. The number of nitro benzene ring substituents is 1. The van der Waals surface area contributed by atoms with Crippen molar-refractivity contribution in [2.45, 2.75) is 43.8 Å². The van der Waals surface area contributed by atoms with Gasteiger partial charge in [0.25, 0.3) is 5.69 Å². The van der Waals surface area contributed by atoms with Gasteiger partial charge in [-0.05, 0) is 33.8 Å². The molecule has 0 spiro atoms. The van der Waals surface area contributed by atoms with E-state index in [1.165, 1.54) is 12.1 Å². The van der Waals surface area contributed by atoms with Crippen molar-refractivity contribution in [3.05, 3.63) is 28.3 Å². The van der Waals surface area contributed by atoms with E-state index in [1.54, 1.807) is 0 Å². The second kappa shape index (κ2) is 5.43. The minimum atomic E-state index is -4.04. The molecule has 0 amide bonds. The van der Waals surface area contributed by atoms with Crippen molar-refractivity contribution in [2.75, 3.05) is 18.0 Å². The number of hydrogen-bond acceptors (Lipinski definition) is 6. The van der Waals surface area contributed by atoms with Crippen molar-refractivity contribution in [3.63, 3.8) is 0 Å². The van der Waals surface area contributed by atoms with Crippen molar-refractivity contribution in [3.8, 4) is 0 Å². The van der Waals surface area contributed by atoms with Crippen LogP contribution in [-0.4, -0.2) is 37.6 Å². The molecule has 0 radical (unpaired) electrons. The second-order valence-corrected chi connectivity index (χ2v) is 8.53. The first-order chi connectivity index (χ1) is 10.3. The van der Waals surface area contributed by atoms with Gasteiger partial charge in [0.1, 0.15) is 0 Å². The van der Waals surface area contributed by atoms with Gasteiger partial charge in [0, 0.05) is 30.9 Å². The Balaban J connectivity index is 2.54. The fourth-order valence-corrected chi connectivity index (χ4v) is 3.56. The van der Waals surface area contributed by atoms with Crippen LogP contribution in [-0.2, 0) is 14.8 Å². The Morgan fingerprint density at radius 2 is 1.70 bits per heavy atom. The van der Waals surface area contributed by atoms with Crippen LogP contribution in [0.2, 0.25) is 0 Å². The highest BCUT2D eigenvalue weighted by Crippen LogP contribution is 2.34. The molecule has 1 aromatic carbocycles. The highest BCUT2D eigenvalue weighted by molar-refractivity contribution is 7.89. The molecule has 0 unspecified atom stereocenters. The van der Waals surface area contributed by atoms with E-state index in [4.69, 9.17) is 9.88 Å². The molecule has 2 N–H and O–H groups in total. The monoisotopic (exact) mass is 343 g/mol. The van der Waals surface area contributed by atoms with E-state index in [-0.39, 0.29) is 10.6 Å². The molecule has 0 aromatic heterocycles. The van der Waals surface area contributed by atoms with Gasteiger partial charge in [-0.2, -0.15) is 0 Å². The third-order valence-corrected chi connectivity index (χ3v) is 4.37. The largest absolute Gasteiger partial charge is 0.366 e. The number of hydrogen-bond donors (Lipinski definition) is 1. The van der Waals surface area contributed by atoms with Crippen LogP contribution in [0.15, 0.2) is 23.1 Å². The third kappa shape index (κ3) is 4.18. The summed E-state index contributed by atoms with van der Waals surface area (Å²) in [5.41, 5.74) is -0.830. The fourth-order valence-electron chi connectivity index (χ4n) is 2.99. The molecule has 1 fully saturated rings. The van der Waals surface area contributed by atoms with Gasteiger partial charge in [0.15, 0.2) is 0 Å². The Labute approximate surface area is 135 Å². The standard InChI is InChI=1S/C14H21N3O5S/c1-13(2)8-16(9-14(3,4)22-13)10-5-11(17(18)19)7-12(6-10)23(15,20)21/h5-7H,8-9H2,1-4H3,(H2,15,20,21). The van der Waals surface area contributed by atoms with Crippen LogP contribution in [0.5, 0.6) is 0 Å². The Morgan fingerprint density at radius 3 is 2.13 bits per heavy atom. The molecular formula is C14H21N3O5S. The molecule has 0 aliphatic carbocycles. The predicted octanol–water partition coefficient (Wildman–Crippen LogP) is 1.64. The van der Waals surface area contributed by atoms with Crippen molar-refractivity contribution in [1.29, 1.82) is 0 Å². The van der Waals surface area contributed by atoms with Gasteiger partial charge in [0.05, 0.1) is 21.0 Å². The number of primary sulfonamides is 1. The zero-order valence-electron chi connectivity index (χ0n) is 13.6. The van der Waals surface area contributed by atoms with E-state index in [9.17, 15) is 18.5 Å². The highest BCUT2D eigenvalue weighted by atomic mass is 32.2. The smallest absolute Gasteiger partial charge is 0.272 e. The van der Waals surface area contributed by atoms with Crippen LogP contribution in [0.3, 0.4) is 0 Å². The number of ether oxygens (including phenoxy) is 1. The fraction of sp³-hybridized carbons (Fsp3) is 0.571. The molecule has 1 heterocycles. The number of benzene rings is 1. The van der Waals surface area contributed by atoms with Crippen LogP contribution in [0.25, 0.3) is 0 Å². The number of morpholine rings is 1. The van der Waals surface area contributed by atoms with E-state index >= 15 is 0 Å². The van der Waals surface area contributed by atoms with Gasteiger partial charge in [-0.1, -0.05) is 0 Å². The molecule has 9 heteroatoms. The van der Waals surface area contributed by atoms with Gasteiger partial charge in [-0.15, -0.1) is 0 Å². The number of non-ortho nitro benzene ring substituents is 1. The van der Waals surface area contributed by atoms with Crippen molar-refractivity contribution < 1.29 is 18.1 Å². The quantitative estimate of drug-likeness (QED) is 0.659. The number of nitrogens with two attached hydrogens (primary N) is 1. The van der Waals surface area contributed by atoms with Crippen LogP contribution < -0.4 is 10.0 Å². The normalized spacial score (nSPS) is 20.3. The summed E-state index contributed by atoms with van der Waals surface area (Å²) >= 11 is 0. The van der Waals surface area contributed by atoms with Crippen LogP contribution in [0, 0.1) is 10.1 Å². The lowest BCUT2D eigenvalue weighted by Gasteiger charge is -2.48. The van der Waals surface area contributed by atoms with Gasteiger partial charge >= 0.3 is 0 Å². The first-order valence-electron chi connectivity index (χ1n) is 7.07. The zero-order valence-corrected chi connectivity index (χ0v) is 14.4. The minimum Gasteiger partial charge on any atom is -0.366 e. The molecule has 0 bridgehead atoms. The van der Waals surface area contributed by atoms with Crippen LogP contribution in [0.1, 0.15) is 27.7 Å². The highest BCUT2D eigenvalue weighted by Gasteiger charge is 2.38. The van der Waals surface area contributed by atoms with E-state index < -0.39 is 26.1 Å². The van der Waals surface area contributed by atoms with E-state index in [2.05, 4.69) is 0 Å². The Hall–Kier alpha value is -1.71. The van der Waals surface area contributed by atoms with E-state index in [1.807, 2.05) is 32.6 Å². The average Bonchev–Trinajstić information content (AvgIpc) is 2.33. The van der Waals surface area contributed by atoms with Crippen molar-refractivity contribution in [1.82, 2.24) is 0 Å². The lowest BCUT2D eigenvalue weighted by atomic mass is 9.98. The van der Waals surface area contributed by atoms with Crippen molar-refractivity contribution in [2.24, 2.45) is 5.14 Å².